The third-order valence-electron chi connectivity index (χ3n) is 15.2. The molecule has 0 radical (unpaired) electrons. The predicted octanol–water partition coefficient (Wildman–Crippen LogP) is 17.9. The lowest BCUT2D eigenvalue weighted by Gasteiger charge is -2.35. The maximum atomic E-state index is 2.52. The van der Waals surface area contributed by atoms with Crippen LogP contribution in [-0.4, -0.2) is 0 Å². The van der Waals surface area contributed by atoms with Crippen molar-refractivity contribution in [1.29, 1.82) is 0 Å². The molecule has 2 aliphatic rings. The minimum absolute atomic E-state index is 0.436. The predicted molar refractivity (Wildman–Crippen MR) is 292 cm³/mol. The Hall–Kier alpha value is -8.78. The van der Waals surface area contributed by atoms with E-state index in [2.05, 4.69) is 291 Å². The first kappa shape index (κ1) is 41.4. The number of hydrogen-bond acceptors (Lipinski definition) is 1. The third kappa shape index (κ3) is 6.46. The van der Waals surface area contributed by atoms with Gasteiger partial charge in [-0.3, -0.25) is 0 Å². The van der Waals surface area contributed by atoms with Gasteiger partial charge in [0.25, 0.3) is 0 Å². The van der Waals surface area contributed by atoms with Crippen molar-refractivity contribution in [3.63, 3.8) is 0 Å². The molecule has 11 aromatic rings. The van der Waals surface area contributed by atoms with Crippen LogP contribution in [-0.2, 0) is 10.8 Å². The van der Waals surface area contributed by atoms with Crippen LogP contribution in [0.1, 0.15) is 45.9 Å². The first-order chi connectivity index (χ1) is 34.6. The topological polar surface area (TPSA) is 3.24 Å². The molecule has 0 amide bonds. The lowest BCUT2D eigenvalue weighted by Crippen LogP contribution is -2.28. The maximum absolute atomic E-state index is 2.52. The van der Waals surface area contributed by atoms with Crippen molar-refractivity contribution in [2.75, 3.05) is 4.90 Å². The van der Waals surface area contributed by atoms with E-state index in [1.165, 1.54) is 83.5 Å². The molecule has 13 rings (SSSR count). The molecule has 1 nitrogen and oxygen atoms in total. The standard InChI is InChI=1S/C69H49N/c1-68(53-29-14-5-15-30-53)64-38-22-36-59(50-27-12-4-13-28-50)67(64)62-42-40-56(46-65(62)68)70(58-44-51(48-23-8-2-9-24-48)43-52(45-58)49-25-10-3-11-26-49)57-39-41-61-60-35-20-21-37-63(60)69(66(61)47-57,54-31-16-6-17-32-54)55-33-18-7-19-34-55/h2-47H,1H3. The van der Waals surface area contributed by atoms with E-state index in [4.69, 9.17) is 0 Å². The molecule has 0 saturated heterocycles. The molecule has 1 atom stereocenters. The Bertz CT molecular complexity index is 3600. The van der Waals surface area contributed by atoms with E-state index in [1.54, 1.807) is 0 Å². The third-order valence-corrected chi connectivity index (χ3v) is 15.2. The van der Waals surface area contributed by atoms with Crippen molar-refractivity contribution in [3.05, 3.63) is 318 Å². The smallest absolute Gasteiger partial charge is 0.0714 e. The highest BCUT2D eigenvalue weighted by molar-refractivity contribution is 5.96. The summed E-state index contributed by atoms with van der Waals surface area (Å²) in [6.45, 7) is 2.43. The van der Waals surface area contributed by atoms with E-state index in [1.807, 2.05) is 0 Å². The highest BCUT2D eigenvalue weighted by Gasteiger charge is 2.47. The van der Waals surface area contributed by atoms with Crippen LogP contribution in [0, 0.1) is 0 Å². The summed E-state index contributed by atoms with van der Waals surface area (Å²) >= 11 is 0. The van der Waals surface area contributed by atoms with Crippen LogP contribution in [0.25, 0.3) is 55.6 Å². The largest absolute Gasteiger partial charge is 0.310 e. The van der Waals surface area contributed by atoms with Gasteiger partial charge in [-0.15, -0.1) is 0 Å². The Morgan fingerprint density at radius 1 is 0.257 bits per heavy atom. The van der Waals surface area contributed by atoms with Crippen molar-refractivity contribution in [1.82, 2.24) is 0 Å². The van der Waals surface area contributed by atoms with Crippen LogP contribution in [0.15, 0.2) is 279 Å². The molecule has 0 N–H and O–H groups in total. The summed E-state index contributed by atoms with van der Waals surface area (Å²) in [5.74, 6) is 0. The molecule has 0 bridgehead atoms. The molecule has 0 aliphatic heterocycles. The Kier molecular flexibility index (Phi) is 9.92. The van der Waals surface area contributed by atoms with Gasteiger partial charge < -0.3 is 4.90 Å². The fourth-order valence-electron chi connectivity index (χ4n) is 12.0. The summed E-state index contributed by atoms with van der Waals surface area (Å²) in [5, 5.41) is 0. The van der Waals surface area contributed by atoms with Gasteiger partial charge in [0.15, 0.2) is 0 Å². The fourth-order valence-corrected chi connectivity index (χ4v) is 12.0. The zero-order valence-corrected chi connectivity index (χ0v) is 39.0. The van der Waals surface area contributed by atoms with Crippen molar-refractivity contribution in [2.45, 2.75) is 17.8 Å². The lowest BCUT2D eigenvalue weighted by atomic mass is 9.67. The van der Waals surface area contributed by atoms with E-state index >= 15 is 0 Å². The van der Waals surface area contributed by atoms with Gasteiger partial charge in [-0.05, 0) is 144 Å². The Labute approximate surface area is 411 Å². The van der Waals surface area contributed by atoms with E-state index in [9.17, 15) is 0 Å². The van der Waals surface area contributed by atoms with Gasteiger partial charge in [-0.1, -0.05) is 237 Å². The summed E-state index contributed by atoms with van der Waals surface area (Å²) in [4.78, 5) is 2.52. The number of benzene rings is 11. The average molecular weight is 892 g/mol. The number of fused-ring (bicyclic) bond motifs is 6. The Morgan fingerprint density at radius 3 is 1.26 bits per heavy atom. The van der Waals surface area contributed by atoms with Gasteiger partial charge in [0, 0.05) is 22.5 Å². The van der Waals surface area contributed by atoms with Gasteiger partial charge in [-0.2, -0.15) is 0 Å². The molecule has 0 aromatic heterocycles. The molecule has 70 heavy (non-hydrogen) atoms. The van der Waals surface area contributed by atoms with Crippen LogP contribution < -0.4 is 4.90 Å². The van der Waals surface area contributed by atoms with Gasteiger partial charge in [0.2, 0.25) is 0 Å². The van der Waals surface area contributed by atoms with Crippen LogP contribution in [0.3, 0.4) is 0 Å². The van der Waals surface area contributed by atoms with Crippen LogP contribution in [0.2, 0.25) is 0 Å². The highest BCUT2D eigenvalue weighted by atomic mass is 15.1. The van der Waals surface area contributed by atoms with Gasteiger partial charge in [-0.25, -0.2) is 0 Å². The molecule has 0 saturated carbocycles. The average Bonchev–Trinajstić information content (AvgIpc) is 3.89. The second-order valence-electron chi connectivity index (χ2n) is 18.9. The summed E-state index contributed by atoms with van der Waals surface area (Å²) in [5.41, 5.74) is 23.5. The van der Waals surface area contributed by atoms with Crippen molar-refractivity contribution < 1.29 is 0 Å². The number of hydrogen-bond donors (Lipinski definition) is 0. The first-order valence-corrected chi connectivity index (χ1v) is 24.4. The van der Waals surface area contributed by atoms with Crippen molar-refractivity contribution in [2.24, 2.45) is 0 Å². The lowest BCUT2D eigenvalue weighted by molar-refractivity contribution is 0.714. The Balaban J connectivity index is 1.11. The molecular formula is C69H49N. The van der Waals surface area contributed by atoms with E-state index in [-0.39, 0.29) is 0 Å². The molecule has 0 heterocycles. The van der Waals surface area contributed by atoms with Gasteiger partial charge in [0.05, 0.1) is 5.41 Å². The second kappa shape index (κ2) is 16.8. The zero-order chi connectivity index (χ0) is 46.7. The molecule has 11 aromatic carbocycles. The molecular weight excluding hydrogens is 843 g/mol. The number of nitrogens with zero attached hydrogens (tertiary/aromatic N) is 1. The van der Waals surface area contributed by atoms with Gasteiger partial charge in [0.1, 0.15) is 0 Å². The quantitative estimate of drug-likeness (QED) is 0.140. The number of anilines is 3. The summed E-state index contributed by atoms with van der Waals surface area (Å²) in [6, 6.07) is 103. The van der Waals surface area contributed by atoms with Crippen LogP contribution in [0.4, 0.5) is 17.1 Å². The fraction of sp³-hybridized carbons (Fsp3) is 0.0435. The minimum Gasteiger partial charge on any atom is -0.310 e. The second-order valence-corrected chi connectivity index (χ2v) is 18.9. The van der Waals surface area contributed by atoms with Crippen LogP contribution in [0.5, 0.6) is 0 Å². The monoisotopic (exact) mass is 891 g/mol. The SMILES string of the molecule is CC1(c2ccccc2)c2cc(N(c3cc(-c4ccccc4)cc(-c4ccccc4)c3)c3ccc4c(c3)C(c3ccccc3)(c3ccccc3)c3ccccc3-4)ccc2-c2c(-c3ccccc3)cccc21. The Morgan fingerprint density at radius 2 is 0.686 bits per heavy atom. The summed E-state index contributed by atoms with van der Waals surface area (Å²) < 4.78 is 0. The first-order valence-electron chi connectivity index (χ1n) is 24.4. The van der Waals surface area contributed by atoms with Crippen molar-refractivity contribution >= 4 is 17.1 Å². The molecule has 2 aliphatic carbocycles. The number of rotatable bonds is 9. The molecule has 0 spiro atoms. The molecule has 1 heteroatoms. The summed E-state index contributed by atoms with van der Waals surface area (Å²) in [6.07, 6.45) is 0. The normalized spacial score (nSPS) is 14.8. The highest BCUT2D eigenvalue weighted by Crippen LogP contribution is 2.59. The van der Waals surface area contributed by atoms with Crippen molar-refractivity contribution in [3.8, 4) is 55.6 Å². The van der Waals surface area contributed by atoms with E-state index in [0.29, 0.717) is 0 Å². The summed E-state index contributed by atoms with van der Waals surface area (Å²) in [7, 11) is 0. The molecule has 1 unspecified atom stereocenters. The molecule has 330 valence electrons. The van der Waals surface area contributed by atoms with Crippen LogP contribution >= 0.6 is 0 Å². The minimum atomic E-state index is -0.559. The van der Waals surface area contributed by atoms with E-state index in [0.717, 1.165) is 28.2 Å². The zero-order valence-electron chi connectivity index (χ0n) is 39.0. The van der Waals surface area contributed by atoms with Gasteiger partial charge >= 0.3 is 0 Å². The maximum Gasteiger partial charge on any atom is 0.0714 e. The molecule has 0 fully saturated rings. The van der Waals surface area contributed by atoms with E-state index < -0.39 is 10.8 Å².